The van der Waals surface area contributed by atoms with Crippen molar-refractivity contribution in [2.75, 3.05) is 5.32 Å². The molecule has 2 aromatic heterocycles. The molecule has 0 aliphatic carbocycles. The zero-order valence-corrected chi connectivity index (χ0v) is 11.8. The Balaban J connectivity index is 1.85. The van der Waals surface area contributed by atoms with Crippen LogP contribution in [0.4, 0.5) is 15.8 Å². The summed E-state index contributed by atoms with van der Waals surface area (Å²) < 4.78 is 15.0. The molecule has 1 aromatic carbocycles. The van der Waals surface area contributed by atoms with Gasteiger partial charge in [-0.05, 0) is 31.2 Å². The second-order valence-electron chi connectivity index (χ2n) is 4.90. The first-order chi connectivity index (χ1) is 10.5. The Labute approximate surface area is 125 Å². The summed E-state index contributed by atoms with van der Waals surface area (Å²) in [6.07, 6.45) is 1.87. The zero-order chi connectivity index (χ0) is 15.7. The van der Waals surface area contributed by atoms with E-state index in [-0.39, 0.29) is 11.4 Å². The first kappa shape index (κ1) is 14.0. The lowest BCUT2D eigenvalue weighted by atomic mass is 10.2. The summed E-state index contributed by atoms with van der Waals surface area (Å²) in [6, 6.07) is 9.21. The fraction of sp³-hybridized carbons (Fsp3) is 0.133. The topological polar surface area (TPSA) is 72.5 Å². The van der Waals surface area contributed by atoms with Crippen LogP contribution in [0.5, 0.6) is 0 Å². The predicted octanol–water partition coefficient (Wildman–Crippen LogP) is 3.30. The van der Waals surface area contributed by atoms with Gasteiger partial charge in [0.1, 0.15) is 17.2 Å². The smallest absolute Gasteiger partial charge is 0.295 e. The van der Waals surface area contributed by atoms with Crippen molar-refractivity contribution in [3.63, 3.8) is 0 Å². The number of aromatic nitrogens is 2. The SMILES string of the molecule is Cc1cccc2nc(CNc3ccc(F)cc3[N+](=O)[O-])cn12. The number of halogens is 1. The Hall–Kier alpha value is -2.96. The molecule has 0 aliphatic rings. The number of aryl methyl sites for hydroxylation is 1. The lowest BCUT2D eigenvalue weighted by Gasteiger charge is -2.05. The third-order valence-corrected chi connectivity index (χ3v) is 3.36. The monoisotopic (exact) mass is 300 g/mol. The first-order valence-electron chi connectivity index (χ1n) is 6.66. The number of imidazole rings is 1. The highest BCUT2D eigenvalue weighted by atomic mass is 19.1. The van der Waals surface area contributed by atoms with Gasteiger partial charge in [0, 0.05) is 11.9 Å². The molecule has 0 fully saturated rings. The third kappa shape index (κ3) is 2.60. The number of hydrogen-bond donors (Lipinski definition) is 1. The summed E-state index contributed by atoms with van der Waals surface area (Å²) in [5.41, 5.74) is 2.57. The highest BCUT2D eigenvalue weighted by Crippen LogP contribution is 2.25. The minimum Gasteiger partial charge on any atom is -0.374 e. The molecule has 22 heavy (non-hydrogen) atoms. The molecule has 3 rings (SSSR count). The van der Waals surface area contributed by atoms with Gasteiger partial charge in [-0.1, -0.05) is 6.07 Å². The molecule has 3 aromatic rings. The number of nitro benzene ring substituents is 1. The van der Waals surface area contributed by atoms with Gasteiger partial charge in [-0.3, -0.25) is 10.1 Å². The molecule has 0 atom stereocenters. The summed E-state index contributed by atoms with van der Waals surface area (Å²) in [5, 5.41) is 13.9. The number of benzene rings is 1. The number of hydrogen-bond acceptors (Lipinski definition) is 4. The number of rotatable bonds is 4. The van der Waals surface area contributed by atoms with E-state index in [1.165, 1.54) is 12.1 Å². The summed E-state index contributed by atoms with van der Waals surface area (Å²) in [6.45, 7) is 2.28. The van der Waals surface area contributed by atoms with Crippen molar-refractivity contribution in [2.24, 2.45) is 0 Å². The minimum atomic E-state index is -0.638. The van der Waals surface area contributed by atoms with E-state index in [9.17, 15) is 14.5 Å². The molecule has 0 saturated carbocycles. The second-order valence-corrected chi connectivity index (χ2v) is 4.90. The molecule has 0 bridgehead atoms. The van der Waals surface area contributed by atoms with Crippen molar-refractivity contribution in [1.82, 2.24) is 9.38 Å². The van der Waals surface area contributed by atoms with E-state index in [1.54, 1.807) is 0 Å². The maximum atomic E-state index is 13.1. The van der Waals surface area contributed by atoms with Gasteiger partial charge in [-0.2, -0.15) is 0 Å². The Bertz CT molecular complexity index is 860. The molecule has 1 N–H and O–H groups in total. The van der Waals surface area contributed by atoms with Crippen LogP contribution in [-0.4, -0.2) is 14.3 Å². The van der Waals surface area contributed by atoms with Gasteiger partial charge in [-0.15, -0.1) is 0 Å². The fourth-order valence-corrected chi connectivity index (χ4v) is 2.28. The standard InChI is InChI=1S/C15H13FN4O2/c1-10-3-2-4-15-18-12(9-19(10)15)8-17-13-6-5-11(16)7-14(13)20(21)22/h2-7,9,17H,8H2,1H3. The quantitative estimate of drug-likeness (QED) is 0.592. The van der Waals surface area contributed by atoms with Gasteiger partial charge in [0.15, 0.2) is 0 Å². The maximum absolute atomic E-state index is 13.1. The number of nitro groups is 1. The van der Waals surface area contributed by atoms with Crippen LogP contribution in [0.2, 0.25) is 0 Å². The number of fused-ring (bicyclic) bond motifs is 1. The number of pyridine rings is 1. The Morgan fingerprint density at radius 1 is 1.36 bits per heavy atom. The first-order valence-corrected chi connectivity index (χ1v) is 6.66. The average molecular weight is 300 g/mol. The highest BCUT2D eigenvalue weighted by molar-refractivity contribution is 5.61. The van der Waals surface area contributed by atoms with E-state index in [0.717, 1.165) is 23.1 Å². The summed E-state index contributed by atoms with van der Waals surface area (Å²) in [7, 11) is 0. The van der Waals surface area contributed by atoms with Crippen molar-refractivity contribution in [1.29, 1.82) is 0 Å². The lowest BCUT2D eigenvalue weighted by molar-refractivity contribution is -0.384. The molecular formula is C15H13FN4O2. The predicted molar refractivity (Wildman–Crippen MR) is 80.3 cm³/mol. The van der Waals surface area contributed by atoms with E-state index in [0.29, 0.717) is 6.54 Å². The van der Waals surface area contributed by atoms with Gasteiger partial charge in [0.2, 0.25) is 0 Å². The van der Waals surface area contributed by atoms with Gasteiger partial charge in [0.05, 0.1) is 23.2 Å². The number of nitrogens with one attached hydrogen (secondary N) is 1. The largest absolute Gasteiger partial charge is 0.374 e. The van der Waals surface area contributed by atoms with E-state index < -0.39 is 10.7 Å². The molecule has 0 saturated heterocycles. The van der Waals surface area contributed by atoms with E-state index in [2.05, 4.69) is 10.3 Å². The van der Waals surface area contributed by atoms with Crippen LogP contribution in [0.3, 0.4) is 0 Å². The van der Waals surface area contributed by atoms with Gasteiger partial charge < -0.3 is 9.72 Å². The van der Waals surface area contributed by atoms with Gasteiger partial charge >= 0.3 is 0 Å². The van der Waals surface area contributed by atoms with E-state index in [1.807, 2.05) is 35.7 Å². The molecule has 0 aliphatic heterocycles. The van der Waals surface area contributed by atoms with Crippen molar-refractivity contribution in [2.45, 2.75) is 13.5 Å². The Morgan fingerprint density at radius 3 is 2.91 bits per heavy atom. The normalized spacial score (nSPS) is 10.8. The molecule has 0 unspecified atom stereocenters. The fourth-order valence-electron chi connectivity index (χ4n) is 2.28. The van der Waals surface area contributed by atoms with Crippen LogP contribution >= 0.6 is 0 Å². The molecule has 0 amide bonds. The third-order valence-electron chi connectivity index (χ3n) is 3.36. The van der Waals surface area contributed by atoms with Crippen molar-refractivity contribution in [3.05, 3.63) is 69.9 Å². The molecule has 112 valence electrons. The van der Waals surface area contributed by atoms with Gasteiger partial charge in [-0.25, -0.2) is 9.37 Å². The van der Waals surface area contributed by atoms with Crippen LogP contribution in [-0.2, 0) is 6.54 Å². The zero-order valence-electron chi connectivity index (χ0n) is 11.8. The summed E-state index contributed by atoms with van der Waals surface area (Å²) >= 11 is 0. The Morgan fingerprint density at radius 2 is 2.18 bits per heavy atom. The van der Waals surface area contributed by atoms with Crippen LogP contribution < -0.4 is 5.32 Å². The lowest BCUT2D eigenvalue weighted by Crippen LogP contribution is -2.03. The van der Waals surface area contributed by atoms with E-state index in [4.69, 9.17) is 0 Å². The number of nitrogens with zero attached hydrogens (tertiary/aromatic N) is 3. The van der Waals surface area contributed by atoms with E-state index >= 15 is 0 Å². The molecule has 6 nitrogen and oxygen atoms in total. The molecule has 2 heterocycles. The summed E-state index contributed by atoms with van der Waals surface area (Å²) in [4.78, 5) is 14.8. The summed E-state index contributed by atoms with van der Waals surface area (Å²) in [5.74, 6) is -0.638. The minimum absolute atomic E-state index is 0.264. The van der Waals surface area contributed by atoms with Crippen LogP contribution in [0, 0.1) is 22.9 Å². The molecule has 0 spiro atoms. The second kappa shape index (κ2) is 5.44. The van der Waals surface area contributed by atoms with Crippen molar-refractivity contribution >= 4 is 17.0 Å². The van der Waals surface area contributed by atoms with Crippen molar-refractivity contribution < 1.29 is 9.31 Å². The van der Waals surface area contributed by atoms with Crippen LogP contribution in [0.15, 0.2) is 42.6 Å². The molecule has 0 radical (unpaired) electrons. The van der Waals surface area contributed by atoms with Crippen LogP contribution in [0.25, 0.3) is 5.65 Å². The van der Waals surface area contributed by atoms with Gasteiger partial charge in [0.25, 0.3) is 5.69 Å². The maximum Gasteiger partial charge on any atom is 0.295 e. The Kier molecular flexibility index (Phi) is 3.46. The highest BCUT2D eigenvalue weighted by Gasteiger charge is 2.15. The average Bonchev–Trinajstić information content (AvgIpc) is 2.90. The molecular weight excluding hydrogens is 287 g/mol. The molecule has 7 heteroatoms. The number of anilines is 1. The van der Waals surface area contributed by atoms with Crippen LogP contribution in [0.1, 0.15) is 11.4 Å². The van der Waals surface area contributed by atoms with Crippen molar-refractivity contribution in [3.8, 4) is 0 Å².